The van der Waals surface area contributed by atoms with Crippen LogP contribution in [0.1, 0.15) is 52.1 Å². The normalized spacial score (nSPS) is 12.2. The molecule has 0 aromatic heterocycles. The molecule has 1 unspecified atom stereocenters. The summed E-state index contributed by atoms with van der Waals surface area (Å²) in [5.41, 5.74) is 1.20. The fourth-order valence-corrected chi connectivity index (χ4v) is 2.01. The predicted octanol–water partition coefficient (Wildman–Crippen LogP) is 3.04. The van der Waals surface area contributed by atoms with Gasteiger partial charge in [-0.25, -0.2) is 0 Å². The van der Waals surface area contributed by atoms with E-state index in [1.807, 2.05) is 32.0 Å². The van der Waals surface area contributed by atoms with E-state index in [4.69, 9.17) is 4.74 Å². The maximum atomic E-state index is 11.5. The SMILES string of the molecule is CCCNC(C)c1cccc(OCCC(=O)NC(C)C)c1. The van der Waals surface area contributed by atoms with Crippen LogP contribution in [0.5, 0.6) is 5.75 Å². The second-order valence-corrected chi connectivity index (χ2v) is 5.57. The molecule has 1 rings (SSSR count). The second kappa shape index (κ2) is 9.40. The molecule has 0 aliphatic heterocycles. The summed E-state index contributed by atoms with van der Waals surface area (Å²) in [5, 5.41) is 6.30. The number of carbonyl (C=O) groups is 1. The Morgan fingerprint density at radius 3 is 2.71 bits per heavy atom. The fourth-order valence-electron chi connectivity index (χ4n) is 2.01. The zero-order valence-electron chi connectivity index (χ0n) is 13.6. The second-order valence-electron chi connectivity index (χ2n) is 5.57. The van der Waals surface area contributed by atoms with Gasteiger partial charge in [0.05, 0.1) is 13.0 Å². The van der Waals surface area contributed by atoms with Crippen molar-refractivity contribution >= 4 is 5.91 Å². The van der Waals surface area contributed by atoms with Gasteiger partial charge in [0.15, 0.2) is 0 Å². The van der Waals surface area contributed by atoms with Gasteiger partial charge < -0.3 is 15.4 Å². The molecular formula is C17H28N2O2. The molecule has 1 aromatic rings. The van der Waals surface area contributed by atoms with Crippen molar-refractivity contribution in [2.24, 2.45) is 0 Å². The molecule has 0 fully saturated rings. The summed E-state index contributed by atoms with van der Waals surface area (Å²) in [6, 6.07) is 8.52. The lowest BCUT2D eigenvalue weighted by Gasteiger charge is -2.15. The van der Waals surface area contributed by atoms with Gasteiger partial charge in [-0.3, -0.25) is 4.79 Å². The van der Waals surface area contributed by atoms with E-state index in [0.717, 1.165) is 18.7 Å². The summed E-state index contributed by atoms with van der Waals surface area (Å²) in [4.78, 5) is 11.5. The van der Waals surface area contributed by atoms with Gasteiger partial charge in [-0.2, -0.15) is 0 Å². The maximum absolute atomic E-state index is 11.5. The molecule has 118 valence electrons. The van der Waals surface area contributed by atoms with Crippen LogP contribution >= 0.6 is 0 Å². The van der Waals surface area contributed by atoms with Crippen LogP contribution in [0.2, 0.25) is 0 Å². The highest BCUT2D eigenvalue weighted by Crippen LogP contribution is 2.19. The molecule has 0 saturated carbocycles. The average Bonchev–Trinajstić information content (AvgIpc) is 2.44. The summed E-state index contributed by atoms with van der Waals surface area (Å²) in [7, 11) is 0. The largest absolute Gasteiger partial charge is 0.493 e. The van der Waals surface area contributed by atoms with Crippen molar-refractivity contribution < 1.29 is 9.53 Å². The third-order valence-corrected chi connectivity index (χ3v) is 3.11. The van der Waals surface area contributed by atoms with Gasteiger partial charge in [-0.05, 0) is 51.4 Å². The lowest BCUT2D eigenvalue weighted by molar-refractivity contribution is -0.122. The molecule has 0 heterocycles. The molecule has 4 nitrogen and oxygen atoms in total. The number of ether oxygens (including phenoxy) is 1. The fraction of sp³-hybridized carbons (Fsp3) is 0.588. The molecule has 1 aromatic carbocycles. The Labute approximate surface area is 128 Å². The van der Waals surface area contributed by atoms with E-state index in [1.54, 1.807) is 0 Å². The third-order valence-electron chi connectivity index (χ3n) is 3.11. The number of carbonyl (C=O) groups excluding carboxylic acids is 1. The molecule has 1 atom stereocenters. The number of hydrogen-bond acceptors (Lipinski definition) is 3. The van der Waals surface area contributed by atoms with Crippen molar-refractivity contribution in [1.82, 2.24) is 10.6 Å². The summed E-state index contributed by atoms with van der Waals surface area (Å²) in [5.74, 6) is 0.842. The van der Waals surface area contributed by atoms with Gasteiger partial charge in [0.1, 0.15) is 5.75 Å². The molecule has 0 bridgehead atoms. The van der Waals surface area contributed by atoms with Gasteiger partial charge in [0.25, 0.3) is 0 Å². The number of hydrogen-bond donors (Lipinski definition) is 2. The first-order valence-corrected chi connectivity index (χ1v) is 7.78. The quantitative estimate of drug-likeness (QED) is 0.735. The third kappa shape index (κ3) is 7.14. The van der Waals surface area contributed by atoms with E-state index >= 15 is 0 Å². The van der Waals surface area contributed by atoms with E-state index in [0.29, 0.717) is 19.1 Å². The highest BCUT2D eigenvalue weighted by molar-refractivity contribution is 5.76. The van der Waals surface area contributed by atoms with Crippen LogP contribution in [0.15, 0.2) is 24.3 Å². The van der Waals surface area contributed by atoms with E-state index in [2.05, 4.69) is 30.5 Å². The molecular weight excluding hydrogens is 264 g/mol. The number of amides is 1. The van der Waals surface area contributed by atoms with Crippen molar-refractivity contribution in [3.8, 4) is 5.75 Å². The van der Waals surface area contributed by atoms with Gasteiger partial charge in [0, 0.05) is 12.1 Å². The van der Waals surface area contributed by atoms with Gasteiger partial charge >= 0.3 is 0 Å². The van der Waals surface area contributed by atoms with Crippen molar-refractivity contribution in [2.45, 2.75) is 52.6 Å². The highest BCUT2D eigenvalue weighted by Gasteiger charge is 2.06. The van der Waals surface area contributed by atoms with E-state index in [1.165, 1.54) is 5.56 Å². The molecule has 2 N–H and O–H groups in total. The minimum atomic E-state index is 0.0270. The minimum absolute atomic E-state index is 0.0270. The number of benzene rings is 1. The zero-order chi connectivity index (χ0) is 15.7. The average molecular weight is 292 g/mol. The lowest BCUT2D eigenvalue weighted by atomic mass is 10.1. The van der Waals surface area contributed by atoms with Gasteiger partial charge in [-0.15, -0.1) is 0 Å². The molecule has 21 heavy (non-hydrogen) atoms. The van der Waals surface area contributed by atoms with Crippen LogP contribution in [0.4, 0.5) is 0 Å². The first kappa shape index (κ1) is 17.5. The Morgan fingerprint density at radius 1 is 1.29 bits per heavy atom. The van der Waals surface area contributed by atoms with Crippen molar-refractivity contribution in [3.05, 3.63) is 29.8 Å². The van der Waals surface area contributed by atoms with Crippen LogP contribution in [-0.4, -0.2) is 25.1 Å². The standard InChI is InChI=1S/C17H28N2O2/c1-5-10-18-14(4)15-7-6-8-16(12-15)21-11-9-17(20)19-13(2)3/h6-8,12-14,18H,5,9-11H2,1-4H3,(H,19,20). The molecule has 0 radical (unpaired) electrons. The van der Waals surface area contributed by atoms with Crippen LogP contribution < -0.4 is 15.4 Å². The minimum Gasteiger partial charge on any atom is -0.493 e. The van der Waals surface area contributed by atoms with Crippen LogP contribution in [0.3, 0.4) is 0 Å². The van der Waals surface area contributed by atoms with Crippen LogP contribution in [-0.2, 0) is 4.79 Å². The van der Waals surface area contributed by atoms with Crippen molar-refractivity contribution in [1.29, 1.82) is 0 Å². The molecule has 0 spiro atoms. The first-order chi connectivity index (χ1) is 10.0. The molecule has 0 aliphatic carbocycles. The molecule has 1 amide bonds. The number of nitrogens with one attached hydrogen (secondary N) is 2. The molecule has 0 aliphatic rings. The number of rotatable bonds is 9. The summed E-state index contributed by atoms with van der Waals surface area (Å²) >= 11 is 0. The Hall–Kier alpha value is -1.55. The first-order valence-electron chi connectivity index (χ1n) is 7.78. The summed E-state index contributed by atoms with van der Waals surface area (Å²) < 4.78 is 5.66. The predicted molar refractivity (Wildman–Crippen MR) is 86.5 cm³/mol. The van der Waals surface area contributed by atoms with E-state index in [9.17, 15) is 4.79 Å². The Bertz CT molecular complexity index is 433. The molecule has 4 heteroatoms. The van der Waals surface area contributed by atoms with E-state index in [-0.39, 0.29) is 11.9 Å². The Kier molecular flexibility index (Phi) is 7.83. The van der Waals surface area contributed by atoms with Gasteiger partial charge in [-0.1, -0.05) is 19.1 Å². The Morgan fingerprint density at radius 2 is 2.05 bits per heavy atom. The smallest absolute Gasteiger partial charge is 0.223 e. The zero-order valence-corrected chi connectivity index (χ0v) is 13.6. The maximum Gasteiger partial charge on any atom is 0.223 e. The van der Waals surface area contributed by atoms with Crippen molar-refractivity contribution in [3.63, 3.8) is 0 Å². The monoisotopic (exact) mass is 292 g/mol. The lowest BCUT2D eigenvalue weighted by Crippen LogP contribution is -2.31. The van der Waals surface area contributed by atoms with Gasteiger partial charge in [0.2, 0.25) is 5.91 Å². The topological polar surface area (TPSA) is 50.4 Å². The van der Waals surface area contributed by atoms with E-state index < -0.39 is 0 Å². The molecule has 0 saturated heterocycles. The Balaban J connectivity index is 2.44. The summed E-state index contributed by atoms with van der Waals surface area (Å²) in [6.45, 7) is 9.60. The highest BCUT2D eigenvalue weighted by atomic mass is 16.5. The van der Waals surface area contributed by atoms with Crippen LogP contribution in [0, 0.1) is 0 Å². The van der Waals surface area contributed by atoms with Crippen LogP contribution in [0.25, 0.3) is 0 Å². The summed E-state index contributed by atoms with van der Waals surface area (Å²) in [6.07, 6.45) is 1.50. The van der Waals surface area contributed by atoms with Crippen molar-refractivity contribution in [2.75, 3.05) is 13.2 Å².